The summed E-state index contributed by atoms with van der Waals surface area (Å²) in [4.78, 5) is 26.6. The van der Waals surface area contributed by atoms with Gasteiger partial charge in [0.1, 0.15) is 5.75 Å². The molecule has 0 bridgehead atoms. The number of rotatable bonds is 3. The molecule has 1 aromatic heterocycles. The van der Waals surface area contributed by atoms with Crippen LogP contribution in [0.2, 0.25) is 0 Å². The first-order chi connectivity index (χ1) is 9.08. The molecule has 1 aromatic carbocycles. The zero-order valence-corrected chi connectivity index (χ0v) is 9.70. The lowest BCUT2D eigenvalue weighted by Gasteiger charge is -2.08. The van der Waals surface area contributed by atoms with Gasteiger partial charge in [-0.3, -0.25) is 9.78 Å². The first-order valence-corrected chi connectivity index (χ1v) is 5.35. The van der Waals surface area contributed by atoms with Gasteiger partial charge in [0.05, 0.1) is 23.0 Å². The number of carbonyl (C=O) groups excluding carboxylic acids is 1. The van der Waals surface area contributed by atoms with E-state index in [9.17, 15) is 14.7 Å². The van der Waals surface area contributed by atoms with Gasteiger partial charge < -0.3 is 15.5 Å². The number of hydrogen-bond donors (Lipinski definition) is 3. The Labute approximate surface area is 108 Å². The normalized spacial score (nSPS) is 9.89. The summed E-state index contributed by atoms with van der Waals surface area (Å²) in [5, 5.41) is 20.7. The molecule has 0 aliphatic carbocycles. The second kappa shape index (κ2) is 5.18. The summed E-state index contributed by atoms with van der Waals surface area (Å²) in [6, 6.07) is 7.29. The molecule has 1 amide bonds. The van der Waals surface area contributed by atoms with Crippen molar-refractivity contribution < 1.29 is 19.8 Å². The van der Waals surface area contributed by atoms with Crippen LogP contribution in [0.15, 0.2) is 42.7 Å². The Bertz CT molecular complexity index is 640. The van der Waals surface area contributed by atoms with Gasteiger partial charge in [0, 0.05) is 6.20 Å². The third-order valence-electron chi connectivity index (χ3n) is 2.39. The first kappa shape index (κ1) is 12.6. The summed E-state index contributed by atoms with van der Waals surface area (Å²) in [5.41, 5.74) is 0.312. The number of pyridine rings is 1. The molecule has 0 atom stereocenters. The fourth-order valence-electron chi connectivity index (χ4n) is 1.53. The van der Waals surface area contributed by atoms with Crippen LogP contribution in [-0.2, 0) is 0 Å². The van der Waals surface area contributed by atoms with Gasteiger partial charge >= 0.3 is 5.97 Å². The van der Waals surface area contributed by atoms with E-state index in [-0.39, 0.29) is 22.6 Å². The van der Waals surface area contributed by atoms with E-state index in [1.165, 1.54) is 30.6 Å². The fourth-order valence-corrected chi connectivity index (χ4v) is 1.53. The number of amides is 1. The number of nitrogens with zero attached hydrogens (tertiary/aromatic N) is 1. The van der Waals surface area contributed by atoms with Crippen molar-refractivity contribution in [2.75, 3.05) is 5.32 Å². The van der Waals surface area contributed by atoms with Crippen LogP contribution in [0.4, 0.5) is 5.69 Å². The van der Waals surface area contributed by atoms with Gasteiger partial charge in [0.25, 0.3) is 5.91 Å². The highest BCUT2D eigenvalue weighted by Gasteiger charge is 2.13. The van der Waals surface area contributed by atoms with Crippen LogP contribution in [-0.4, -0.2) is 27.1 Å². The summed E-state index contributed by atoms with van der Waals surface area (Å²) >= 11 is 0. The van der Waals surface area contributed by atoms with Crippen LogP contribution in [0, 0.1) is 0 Å². The minimum atomic E-state index is -1.13. The quantitative estimate of drug-likeness (QED) is 0.778. The minimum Gasteiger partial charge on any atom is -0.506 e. The number of hydrogen-bond acceptors (Lipinski definition) is 4. The van der Waals surface area contributed by atoms with Gasteiger partial charge in [-0.1, -0.05) is 12.1 Å². The maximum absolute atomic E-state index is 11.9. The van der Waals surface area contributed by atoms with E-state index in [0.29, 0.717) is 0 Å². The summed E-state index contributed by atoms with van der Waals surface area (Å²) in [5.74, 6) is -1.82. The summed E-state index contributed by atoms with van der Waals surface area (Å²) in [7, 11) is 0. The fraction of sp³-hybridized carbons (Fsp3) is 0. The second-order valence-corrected chi connectivity index (χ2v) is 3.74. The molecule has 0 radical (unpaired) electrons. The van der Waals surface area contributed by atoms with Gasteiger partial charge in [-0.05, 0) is 18.2 Å². The molecule has 0 aliphatic heterocycles. The number of aromatic nitrogens is 1. The lowest BCUT2D eigenvalue weighted by atomic mass is 10.1. The van der Waals surface area contributed by atoms with Gasteiger partial charge in [0.15, 0.2) is 0 Å². The SMILES string of the molecule is O=C(Nc1ccccc1C(=O)O)c1cncc(O)c1. The van der Waals surface area contributed by atoms with E-state index in [2.05, 4.69) is 10.3 Å². The number of carboxylic acid groups (broad SMARTS) is 1. The number of aromatic carboxylic acids is 1. The predicted octanol–water partition coefficient (Wildman–Crippen LogP) is 1.74. The maximum atomic E-state index is 11.9. The third-order valence-corrected chi connectivity index (χ3v) is 2.39. The number of nitrogens with one attached hydrogen (secondary N) is 1. The predicted molar refractivity (Wildman–Crippen MR) is 67.3 cm³/mol. The van der Waals surface area contributed by atoms with Crippen molar-refractivity contribution in [1.82, 2.24) is 4.98 Å². The van der Waals surface area contributed by atoms with E-state index in [4.69, 9.17) is 5.11 Å². The molecule has 3 N–H and O–H groups in total. The topological polar surface area (TPSA) is 99.5 Å². The molecule has 6 nitrogen and oxygen atoms in total. The Morgan fingerprint density at radius 3 is 2.58 bits per heavy atom. The van der Waals surface area contributed by atoms with Gasteiger partial charge in [-0.15, -0.1) is 0 Å². The molecule has 6 heteroatoms. The van der Waals surface area contributed by atoms with Crippen molar-refractivity contribution in [3.05, 3.63) is 53.9 Å². The Kier molecular flexibility index (Phi) is 3.42. The first-order valence-electron chi connectivity index (χ1n) is 5.35. The van der Waals surface area contributed by atoms with Crippen molar-refractivity contribution in [2.45, 2.75) is 0 Å². The second-order valence-electron chi connectivity index (χ2n) is 3.74. The van der Waals surface area contributed by atoms with E-state index in [0.717, 1.165) is 0 Å². The van der Waals surface area contributed by atoms with Crippen LogP contribution in [0.3, 0.4) is 0 Å². The maximum Gasteiger partial charge on any atom is 0.337 e. The number of anilines is 1. The Morgan fingerprint density at radius 1 is 1.16 bits per heavy atom. The number of para-hydroxylation sites is 1. The highest BCUT2D eigenvalue weighted by molar-refractivity contribution is 6.07. The molecular formula is C13H10N2O4. The summed E-state index contributed by atoms with van der Waals surface area (Å²) < 4.78 is 0. The zero-order chi connectivity index (χ0) is 13.8. The Balaban J connectivity index is 2.27. The summed E-state index contributed by atoms with van der Waals surface area (Å²) in [6.07, 6.45) is 2.47. The van der Waals surface area contributed by atoms with Gasteiger partial charge in [-0.25, -0.2) is 4.79 Å². The molecule has 19 heavy (non-hydrogen) atoms. The van der Waals surface area contributed by atoms with Crippen LogP contribution in [0.1, 0.15) is 20.7 Å². The Morgan fingerprint density at radius 2 is 1.89 bits per heavy atom. The molecule has 96 valence electrons. The number of carbonyl (C=O) groups is 2. The monoisotopic (exact) mass is 258 g/mol. The van der Waals surface area contributed by atoms with Crippen molar-refractivity contribution in [2.24, 2.45) is 0 Å². The van der Waals surface area contributed by atoms with Gasteiger partial charge in [-0.2, -0.15) is 0 Å². The highest BCUT2D eigenvalue weighted by Crippen LogP contribution is 2.17. The number of carboxylic acids is 1. The van der Waals surface area contributed by atoms with Crippen LogP contribution < -0.4 is 5.32 Å². The molecule has 2 aromatic rings. The number of aromatic hydroxyl groups is 1. The van der Waals surface area contributed by atoms with Crippen LogP contribution in [0.25, 0.3) is 0 Å². The summed E-state index contributed by atoms with van der Waals surface area (Å²) in [6.45, 7) is 0. The van der Waals surface area contributed by atoms with E-state index in [1.54, 1.807) is 12.1 Å². The Hall–Kier alpha value is -2.89. The highest BCUT2D eigenvalue weighted by atomic mass is 16.4. The molecule has 0 spiro atoms. The van der Waals surface area contributed by atoms with Gasteiger partial charge in [0.2, 0.25) is 0 Å². The molecule has 0 aliphatic rings. The molecule has 0 unspecified atom stereocenters. The van der Waals surface area contributed by atoms with E-state index in [1.807, 2.05) is 0 Å². The van der Waals surface area contributed by atoms with Crippen molar-refractivity contribution in [3.8, 4) is 5.75 Å². The smallest absolute Gasteiger partial charge is 0.337 e. The van der Waals surface area contributed by atoms with Crippen molar-refractivity contribution in [1.29, 1.82) is 0 Å². The average molecular weight is 258 g/mol. The van der Waals surface area contributed by atoms with Crippen molar-refractivity contribution >= 4 is 17.6 Å². The third kappa shape index (κ3) is 2.86. The average Bonchev–Trinajstić information content (AvgIpc) is 2.39. The molecule has 0 saturated carbocycles. The number of benzene rings is 1. The molecule has 2 rings (SSSR count). The lowest BCUT2D eigenvalue weighted by Crippen LogP contribution is -2.14. The minimum absolute atomic E-state index is 0.0102. The largest absolute Gasteiger partial charge is 0.506 e. The lowest BCUT2D eigenvalue weighted by molar-refractivity contribution is 0.0698. The van der Waals surface area contributed by atoms with E-state index >= 15 is 0 Å². The van der Waals surface area contributed by atoms with Crippen molar-refractivity contribution in [3.63, 3.8) is 0 Å². The zero-order valence-electron chi connectivity index (χ0n) is 9.70. The molecule has 1 heterocycles. The molecule has 0 saturated heterocycles. The van der Waals surface area contributed by atoms with Crippen LogP contribution >= 0.6 is 0 Å². The van der Waals surface area contributed by atoms with Crippen LogP contribution in [0.5, 0.6) is 5.75 Å². The molecular weight excluding hydrogens is 248 g/mol. The standard InChI is InChI=1S/C13H10N2O4/c16-9-5-8(6-14-7-9)12(17)15-11-4-2-1-3-10(11)13(18)19/h1-7,16H,(H,15,17)(H,18,19). The molecule has 0 fully saturated rings. The van der Waals surface area contributed by atoms with E-state index < -0.39 is 11.9 Å².